The second kappa shape index (κ2) is 4.02. The van der Waals surface area contributed by atoms with Crippen LogP contribution in [0.1, 0.15) is 26.2 Å². The Labute approximate surface area is 68.3 Å². The minimum absolute atomic E-state index is 1.00. The Morgan fingerprint density at radius 2 is 2.27 bits per heavy atom. The molecule has 0 bridgehead atoms. The third-order valence-corrected chi connectivity index (χ3v) is 1.92. The molecule has 2 N–H and O–H groups in total. The maximum atomic E-state index is 5.85. The van der Waals surface area contributed by atoms with E-state index in [2.05, 4.69) is 31.2 Å². The first-order valence-corrected chi connectivity index (χ1v) is 4.15. The van der Waals surface area contributed by atoms with Crippen LogP contribution in [-0.2, 0) is 0 Å². The van der Waals surface area contributed by atoms with Crippen LogP contribution in [-0.4, -0.2) is 0 Å². The Balaban J connectivity index is 2.80. The second-order valence-electron chi connectivity index (χ2n) is 2.73. The molecule has 1 aliphatic carbocycles. The van der Waals surface area contributed by atoms with Gasteiger partial charge in [0.2, 0.25) is 0 Å². The third-order valence-electron chi connectivity index (χ3n) is 1.92. The Kier molecular flexibility index (Phi) is 2.96. The Morgan fingerprint density at radius 3 is 3.00 bits per heavy atom. The number of rotatable bonds is 1. The molecule has 1 heteroatoms. The van der Waals surface area contributed by atoms with Crippen LogP contribution >= 0.6 is 0 Å². The largest absolute Gasteiger partial charge is 0.402 e. The standard InChI is InChI=1S/C10H15N/c1-2-9-7-5-3-4-6-8-10(9)11/h3-5,7H,2,6,8,11H2,1H3. The molecule has 0 spiro atoms. The minimum Gasteiger partial charge on any atom is -0.402 e. The monoisotopic (exact) mass is 149 g/mol. The van der Waals surface area contributed by atoms with Crippen LogP contribution in [0.3, 0.4) is 0 Å². The van der Waals surface area contributed by atoms with Gasteiger partial charge < -0.3 is 5.73 Å². The van der Waals surface area contributed by atoms with Crippen molar-refractivity contribution in [1.82, 2.24) is 0 Å². The molecule has 0 atom stereocenters. The number of hydrogen-bond acceptors (Lipinski definition) is 1. The average molecular weight is 149 g/mol. The zero-order valence-electron chi connectivity index (χ0n) is 7.01. The molecule has 0 aromatic heterocycles. The minimum atomic E-state index is 1.00. The van der Waals surface area contributed by atoms with Crippen molar-refractivity contribution in [1.29, 1.82) is 0 Å². The molecule has 0 heterocycles. The molecule has 0 fully saturated rings. The molecule has 0 aromatic rings. The van der Waals surface area contributed by atoms with E-state index in [0.29, 0.717) is 0 Å². The van der Waals surface area contributed by atoms with Crippen LogP contribution in [0.25, 0.3) is 0 Å². The molecule has 0 aliphatic heterocycles. The second-order valence-corrected chi connectivity index (χ2v) is 2.73. The van der Waals surface area contributed by atoms with Crippen molar-refractivity contribution in [3.8, 4) is 0 Å². The van der Waals surface area contributed by atoms with Crippen molar-refractivity contribution < 1.29 is 0 Å². The quantitative estimate of drug-likeness (QED) is 0.609. The van der Waals surface area contributed by atoms with E-state index in [1.54, 1.807) is 0 Å². The van der Waals surface area contributed by atoms with E-state index in [4.69, 9.17) is 5.73 Å². The highest BCUT2D eigenvalue weighted by Gasteiger charge is 1.97. The van der Waals surface area contributed by atoms with Gasteiger partial charge in [0, 0.05) is 5.70 Å². The van der Waals surface area contributed by atoms with Gasteiger partial charge >= 0.3 is 0 Å². The molecule has 0 aromatic carbocycles. The van der Waals surface area contributed by atoms with Crippen LogP contribution in [0, 0.1) is 0 Å². The summed E-state index contributed by atoms with van der Waals surface area (Å²) < 4.78 is 0. The zero-order valence-corrected chi connectivity index (χ0v) is 7.01. The fourth-order valence-corrected chi connectivity index (χ4v) is 1.20. The van der Waals surface area contributed by atoms with Crippen molar-refractivity contribution in [3.63, 3.8) is 0 Å². The van der Waals surface area contributed by atoms with Gasteiger partial charge in [-0.05, 0) is 24.8 Å². The highest BCUT2D eigenvalue weighted by Crippen LogP contribution is 2.13. The smallest absolute Gasteiger partial charge is 0.0116 e. The summed E-state index contributed by atoms with van der Waals surface area (Å²) in [4.78, 5) is 0. The summed E-state index contributed by atoms with van der Waals surface area (Å²) in [6.45, 7) is 2.14. The summed E-state index contributed by atoms with van der Waals surface area (Å²) in [7, 11) is 0. The van der Waals surface area contributed by atoms with Crippen molar-refractivity contribution in [2.45, 2.75) is 26.2 Å². The van der Waals surface area contributed by atoms with E-state index in [-0.39, 0.29) is 0 Å². The summed E-state index contributed by atoms with van der Waals surface area (Å²) in [5.41, 5.74) is 8.19. The van der Waals surface area contributed by atoms with Crippen LogP contribution in [0.5, 0.6) is 0 Å². The lowest BCUT2D eigenvalue weighted by Gasteiger charge is -2.06. The zero-order chi connectivity index (χ0) is 8.10. The Morgan fingerprint density at radius 1 is 1.45 bits per heavy atom. The highest BCUT2D eigenvalue weighted by molar-refractivity contribution is 5.27. The average Bonchev–Trinajstić information content (AvgIpc) is 1.98. The maximum absolute atomic E-state index is 5.85. The number of allylic oxidation sites excluding steroid dienone is 6. The predicted molar refractivity (Wildman–Crippen MR) is 49.0 cm³/mol. The van der Waals surface area contributed by atoms with Gasteiger partial charge in [-0.15, -0.1) is 0 Å². The third kappa shape index (κ3) is 2.26. The number of nitrogens with two attached hydrogens (primary N) is 1. The van der Waals surface area contributed by atoms with E-state index in [0.717, 1.165) is 25.0 Å². The van der Waals surface area contributed by atoms with Gasteiger partial charge in [-0.1, -0.05) is 31.2 Å². The fraction of sp³-hybridized carbons (Fsp3) is 0.400. The lowest BCUT2D eigenvalue weighted by Crippen LogP contribution is -2.01. The van der Waals surface area contributed by atoms with Gasteiger partial charge in [0.25, 0.3) is 0 Å². The van der Waals surface area contributed by atoms with Gasteiger partial charge in [-0.25, -0.2) is 0 Å². The SMILES string of the molecule is CCC1=C(N)CCC=CC=C1. The normalized spacial score (nSPS) is 18.3. The molecular formula is C10H15N. The summed E-state index contributed by atoms with van der Waals surface area (Å²) in [6, 6.07) is 0. The first-order valence-electron chi connectivity index (χ1n) is 4.15. The number of hydrogen-bond donors (Lipinski definition) is 1. The highest BCUT2D eigenvalue weighted by atomic mass is 14.6. The molecule has 0 saturated heterocycles. The molecule has 0 radical (unpaired) electrons. The summed E-state index contributed by atoms with van der Waals surface area (Å²) in [5.74, 6) is 0. The first-order chi connectivity index (χ1) is 5.34. The fourth-order valence-electron chi connectivity index (χ4n) is 1.20. The van der Waals surface area contributed by atoms with Crippen molar-refractivity contribution >= 4 is 0 Å². The van der Waals surface area contributed by atoms with Crippen LogP contribution in [0.2, 0.25) is 0 Å². The maximum Gasteiger partial charge on any atom is 0.0116 e. The van der Waals surface area contributed by atoms with Crippen LogP contribution in [0.15, 0.2) is 35.6 Å². The molecule has 1 nitrogen and oxygen atoms in total. The molecule has 0 unspecified atom stereocenters. The van der Waals surface area contributed by atoms with Gasteiger partial charge in [-0.3, -0.25) is 0 Å². The predicted octanol–water partition coefficient (Wildman–Crippen LogP) is 2.52. The van der Waals surface area contributed by atoms with Crippen LogP contribution < -0.4 is 5.73 Å². The van der Waals surface area contributed by atoms with Gasteiger partial charge in [0.15, 0.2) is 0 Å². The molecule has 60 valence electrons. The molecule has 0 amide bonds. The molecule has 0 saturated carbocycles. The van der Waals surface area contributed by atoms with E-state index in [9.17, 15) is 0 Å². The summed E-state index contributed by atoms with van der Waals surface area (Å²) in [6.07, 6.45) is 11.5. The van der Waals surface area contributed by atoms with Crippen molar-refractivity contribution in [2.24, 2.45) is 5.73 Å². The van der Waals surface area contributed by atoms with Crippen LogP contribution in [0.4, 0.5) is 0 Å². The molecule has 1 rings (SSSR count). The summed E-state index contributed by atoms with van der Waals surface area (Å²) in [5, 5.41) is 0. The lowest BCUT2D eigenvalue weighted by atomic mass is 10.1. The Hall–Kier alpha value is -0.980. The van der Waals surface area contributed by atoms with Crippen molar-refractivity contribution in [2.75, 3.05) is 0 Å². The van der Waals surface area contributed by atoms with E-state index in [1.807, 2.05) is 0 Å². The summed E-state index contributed by atoms with van der Waals surface area (Å²) >= 11 is 0. The lowest BCUT2D eigenvalue weighted by molar-refractivity contribution is 0.919. The molecule has 1 aliphatic rings. The molecular weight excluding hydrogens is 134 g/mol. The van der Waals surface area contributed by atoms with Crippen molar-refractivity contribution in [3.05, 3.63) is 35.6 Å². The topological polar surface area (TPSA) is 26.0 Å². The van der Waals surface area contributed by atoms with Gasteiger partial charge in [0.05, 0.1) is 0 Å². The van der Waals surface area contributed by atoms with E-state index in [1.165, 1.54) is 5.57 Å². The first kappa shape index (κ1) is 8.12. The van der Waals surface area contributed by atoms with Gasteiger partial charge in [0.1, 0.15) is 0 Å². The van der Waals surface area contributed by atoms with Gasteiger partial charge in [-0.2, -0.15) is 0 Å². The van der Waals surface area contributed by atoms with E-state index >= 15 is 0 Å². The molecule has 11 heavy (non-hydrogen) atoms. The Bertz CT molecular complexity index is 209. The van der Waals surface area contributed by atoms with E-state index < -0.39 is 0 Å².